The second-order valence-corrected chi connectivity index (χ2v) is 4.22. The van der Waals surface area contributed by atoms with E-state index in [4.69, 9.17) is 4.74 Å². The smallest absolute Gasteiger partial charge is 0.360 e. The van der Waals surface area contributed by atoms with Crippen LogP contribution in [0.25, 0.3) is 0 Å². The van der Waals surface area contributed by atoms with Gasteiger partial charge in [-0.1, -0.05) is 18.1 Å². The molecule has 0 unspecified atom stereocenters. The Morgan fingerprint density at radius 3 is 3.06 bits per heavy atom. The van der Waals surface area contributed by atoms with Gasteiger partial charge in [0.2, 0.25) is 0 Å². The zero-order valence-corrected chi connectivity index (χ0v) is 9.87. The van der Waals surface area contributed by atoms with Crippen LogP contribution >= 0.6 is 0 Å². The molecule has 6 heteroatoms. The van der Waals surface area contributed by atoms with Crippen LogP contribution in [0.15, 0.2) is 6.20 Å². The Kier molecular flexibility index (Phi) is 3.73. The molecule has 1 fully saturated rings. The summed E-state index contributed by atoms with van der Waals surface area (Å²) in [6, 6.07) is -0.0700. The van der Waals surface area contributed by atoms with Crippen molar-refractivity contribution in [3.05, 3.63) is 11.9 Å². The minimum absolute atomic E-state index is 0.0700. The number of aromatic nitrogens is 3. The first kappa shape index (κ1) is 12.0. The summed E-state index contributed by atoms with van der Waals surface area (Å²) in [5.41, 5.74) is 0.199. The standard InChI is InChI=1S/C11H17N3O3/c1-2-17-11(16)8-7-14(13-12-8)9-5-3-4-6-10(9)15/h7,9-10,15H,2-6H2,1H3/t9-,10-/m1/s1. The summed E-state index contributed by atoms with van der Waals surface area (Å²) in [6.45, 7) is 2.06. The number of esters is 1. The van der Waals surface area contributed by atoms with Crippen molar-refractivity contribution < 1.29 is 14.6 Å². The monoisotopic (exact) mass is 239 g/mol. The van der Waals surface area contributed by atoms with Crippen LogP contribution in [0.2, 0.25) is 0 Å². The SMILES string of the molecule is CCOC(=O)c1cn([C@@H]2CCCC[C@H]2O)nn1. The second kappa shape index (κ2) is 5.27. The molecule has 17 heavy (non-hydrogen) atoms. The van der Waals surface area contributed by atoms with Gasteiger partial charge in [-0.2, -0.15) is 0 Å². The van der Waals surface area contributed by atoms with E-state index in [0.717, 1.165) is 25.7 Å². The van der Waals surface area contributed by atoms with Crippen molar-refractivity contribution in [3.8, 4) is 0 Å². The maximum atomic E-state index is 11.4. The van der Waals surface area contributed by atoms with E-state index < -0.39 is 12.1 Å². The van der Waals surface area contributed by atoms with Gasteiger partial charge in [0.1, 0.15) is 0 Å². The van der Waals surface area contributed by atoms with E-state index in [0.29, 0.717) is 6.61 Å². The number of aliphatic hydroxyl groups is 1. The summed E-state index contributed by atoms with van der Waals surface area (Å²) in [6.07, 6.45) is 4.90. The van der Waals surface area contributed by atoms with Crippen LogP contribution in [0.3, 0.4) is 0 Å². The fourth-order valence-electron chi connectivity index (χ4n) is 2.14. The van der Waals surface area contributed by atoms with Crippen LogP contribution in [0.5, 0.6) is 0 Å². The van der Waals surface area contributed by atoms with Crippen LogP contribution in [-0.4, -0.2) is 38.8 Å². The molecule has 1 aliphatic carbocycles. The molecule has 6 nitrogen and oxygen atoms in total. The van der Waals surface area contributed by atoms with Crippen molar-refractivity contribution in [1.29, 1.82) is 0 Å². The largest absolute Gasteiger partial charge is 0.461 e. The molecule has 1 saturated carbocycles. The molecule has 1 aromatic heterocycles. The number of nitrogens with zero attached hydrogens (tertiary/aromatic N) is 3. The lowest BCUT2D eigenvalue weighted by molar-refractivity contribution is 0.0518. The fraction of sp³-hybridized carbons (Fsp3) is 0.727. The van der Waals surface area contributed by atoms with Crippen LogP contribution in [-0.2, 0) is 4.74 Å². The number of ether oxygens (including phenoxy) is 1. The van der Waals surface area contributed by atoms with Crippen LogP contribution < -0.4 is 0 Å². The third-order valence-corrected chi connectivity index (χ3v) is 3.03. The quantitative estimate of drug-likeness (QED) is 0.794. The van der Waals surface area contributed by atoms with Gasteiger partial charge in [-0.05, 0) is 19.8 Å². The van der Waals surface area contributed by atoms with E-state index in [1.807, 2.05) is 0 Å². The molecule has 0 amide bonds. The zero-order valence-electron chi connectivity index (χ0n) is 9.87. The Labute approximate surface area is 99.6 Å². The average molecular weight is 239 g/mol. The van der Waals surface area contributed by atoms with E-state index >= 15 is 0 Å². The van der Waals surface area contributed by atoms with E-state index in [9.17, 15) is 9.90 Å². The van der Waals surface area contributed by atoms with E-state index in [1.54, 1.807) is 17.8 Å². The first-order valence-electron chi connectivity index (χ1n) is 5.99. The predicted octanol–water partition coefficient (Wildman–Crippen LogP) is 0.931. The number of hydrogen-bond donors (Lipinski definition) is 1. The highest BCUT2D eigenvalue weighted by Crippen LogP contribution is 2.27. The molecule has 1 heterocycles. The Morgan fingerprint density at radius 1 is 1.59 bits per heavy atom. The summed E-state index contributed by atoms with van der Waals surface area (Å²) >= 11 is 0. The first-order chi connectivity index (χ1) is 8.22. The normalized spacial score (nSPS) is 24.6. The van der Waals surface area contributed by atoms with Gasteiger partial charge in [0.05, 0.1) is 24.9 Å². The van der Waals surface area contributed by atoms with E-state index in [1.165, 1.54) is 0 Å². The van der Waals surface area contributed by atoms with Crippen LogP contribution in [0.4, 0.5) is 0 Å². The summed E-state index contributed by atoms with van der Waals surface area (Å²) < 4.78 is 6.42. The molecule has 2 rings (SSSR count). The minimum Gasteiger partial charge on any atom is -0.461 e. The molecular weight excluding hydrogens is 222 g/mol. The lowest BCUT2D eigenvalue weighted by Crippen LogP contribution is -2.28. The lowest BCUT2D eigenvalue weighted by Gasteiger charge is -2.26. The Morgan fingerprint density at radius 2 is 2.35 bits per heavy atom. The van der Waals surface area contributed by atoms with Crippen LogP contribution in [0.1, 0.15) is 49.1 Å². The van der Waals surface area contributed by atoms with Gasteiger partial charge in [-0.25, -0.2) is 9.48 Å². The molecule has 1 aromatic rings. The number of carbonyl (C=O) groups is 1. The third-order valence-electron chi connectivity index (χ3n) is 3.03. The molecule has 2 atom stereocenters. The lowest BCUT2D eigenvalue weighted by atomic mass is 9.93. The van der Waals surface area contributed by atoms with E-state index in [-0.39, 0.29) is 11.7 Å². The summed E-state index contributed by atoms with van der Waals surface area (Å²) in [7, 11) is 0. The van der Waals surface area contributed by atoms with Crippen molar-refractivity contribution >= 4 is 5.97 Å². The minimum atomic E-state index is -0.468. The molecule has 94 valence electrons. The number of carbonyl (C=O) groups excluding carboxylic acids is 1. The Hall–Kier alpha value is -1.43. The highest BCUT2D eigenvalue weighted by Gasteiger charge is 2.26. The molecule has 0 spiro atoms. The van der Waals surface area contributed by atoms with Crippen molar-refractivity contribution in [3.63, 3.8) is 0 Å². The molecule has 0 bridgehead atoms. The van der Waals surface area contributed by atoms with Gasteiger partial charge < -0.3 is 9.84 Å². The molecule has 0 radical (unpaired) electrons. The highest BCUT2D eigenvalue weighted by molar-refractivity contribution is 5.86. The molecule has 1 aliphatic rings. The fourth-order valence-corrected chi connectivity index (χ4v) is 2.14. The van der Waals surface area contributed by atoms with Crippen molar-refractivity contribution in [2.45, 2.75) is 44.8 Å². The number of hydrogen-bond acceptors (Lipinski definition) is 5. The van der Waals surface area contributed by atoms with E-state index in [2.05, 4.69) is 10.3 Å². The molecule has 0 saturated heterocycles. The highest BCUT2D eigenvalue weighted by atomic mass is 16.5. The van der Waals surface area contributed by atoms with Crippen molar-refractivity contribution in [1.82, 2.24) is 15.0 Å². The van der Waals surface area contributed by atoms with Crippen molar-refractivity contribution in [2.24, 2.45) is 0 Å². The summed E-state index contributed by atoms with van der Waals surface area (Å²) in [5, 5.41) is 17.5. The summed E-state index contributed by atoms with van der Waals surface area (Å²) in [5.74, 6) is -0.468. The average Bonchev–Trinajstić information content (AvgIpc) is 2.79. The van der Waals surface area contributed by atoms with Gasteiger partial charge >= 0.3 is 5.97 Å². The van der Waals surface area contributed by atoms with Gasteiger partial charge in [0.15, 0.2) is 5.69 Å². The van der Waals surface area contributed by atoms with Gasteiger partial charge in [-0.15, -0.1) is 5.10 Å². The second-order valence-electron chi connectivity index (χ2n) is 4.22. The maximum absolute atomic E-state index is 11.4. The molecular formula is C11H17N3O3. The maximum Gasteiger partial charge on any atom is 0.360 e. The van der Waals surface area contributed by atoms with Crippen molar-refractivity contribution in [2.75, 3.05) is 6.61 Å². The Bertz CT molecular complexity index is 391. The predicted molar refractivity (Wildman–Crippen MR) is 59.5 cm³/mol. The number of aliphatic hydroxyl groups excluding tert-OH is 1. The van der Waals surface area contributed by atoms with Gasteiger partial charge in [-0.3, -0.25) is 0 Å². The summed E-state index contributed by atoms with van der Waals surface area (Å²) in [4.78, 5) is 11.4. The number of rotatable bonds is 3. The Balaban J connectivity index is 2.09. The molecule has 0 aliphatic heterocycles. The zero-order chi connectivity index (χ0) is 12.3. The van der Waals surface area contributed by atoms with Gasteiger partial charge in [0.25, 0.3) is 0 Å². The molecule has 1 N–H and O–H groups in total. The third kappa shape index (κ3) is 2.63. The van der Waals surface area contributed by atoms with Crippen LogP contribution in [0, 0.1) is 0 Å². The topological polar surface area (TPSA) is 77.2 Å². The molecule has 0 aromatic carbocycles. The van der Waals surface area contributed by atoms with Gasteiger partial charge in [0, 0.05) is 0 Å². The first-order valence-corrected chi connectivity index (χ1v) is 5.99.